The van der Waals surface area contributed by atoms with Gasteiger partial charge in [0.1, 0.15) is 0 Å². The highest BCUT2D eigenvalue weighted by Crippen LogP contribution is 2.10. The molecule has 0 unspecified atom stereocenters. The Hall–Kier alpha value is -1.90. The maximum absolute atomic E-state index is 11.7. The summed E-state index contributed by atoms with van der Waals surface area (Å²) in [5.74, 6) is 0.794. The van der Waals surface area contributed by atoms with E-state index in [1.807, 2.05) is 31.3 Å². The quantitative estimate of drug-likeness (QED) is 0.531. The highest BCUT2D eigenvalue weighted by Gasteiger charge is 2.10. The summed E-state index contributed by atoms with van der Waals surface area (Å²) in [5.41, 5.74) is 1.78. The molecule has 8 heteroatoms. The molecule has 2 rings (SSSR count). The van der Waals surface area contributed by atoms with Crippen LogP contribution in [0.15, 0.2) is 46.8 Å². The molecule has 0 aliphatic rings. The van der Waals surface area contributed by atoms with E-state index in [0.717, 1.165) is 30.1 Å². The van der Waals surface area contributed by atoms with E-state index in [1.54, 1.807) is 18.4 Å². The summed E-state index contributed by atoms with van der Waals surface area (Å²) in [5, 5.41) is 5.42. The van der Waals surface area contributed by atoms with E-state index in [9.17, 15) is 8.42 Å². The van der Waals surface area contributed by atoms with Crippen LogP contribution in [0.2, 0.25) is 0 Å². The summed E-state index contributed by atoms with van der Waals surface area (Å²) in [6.45, 7) is 1.46. The van der Waals surface area contributed by atoms with E-state index in [2.05, 4.69) is 37.4 Å². The molecule has 0 spiro atoms. The van der Waals surface area contributed by atoms with Gasteiger partial charge in [-0.1, -0.05) is 30.3 Å². The summed E-state index contributed by atoms with van der Waals surface area (Å²) < 4.78 is 25.7. The van der Waals surface area contributed by atoms with Crippen LogP contribution in [0.4, 0.5) is 0 Å². The molecule has 6 nitrogen and oxygen atoms in total. The molecule has 1 heterocycles. The lowest BCUT2D eigenvalue weighted by molar-refractivity contribution is 0.486. The second-order valence-electron chi connectivity index (χ2n) is 5.93. The second-order valence-corrected chi connectivity index (χ2v) is 8.89. The SMILES string of the molecule is CN=C(NCc1cccc(CS(=O)(=O)NC)c1)N(C)CCc1cccs1. The van der Waals surface area contributed by atoms with Crippen molar-refractivity contribution < 1.29 is 8.42 Å². The van der Waals surface area contributed by atoms with Crippen molar-refractivity contribution in [2.24, 2.45) is 4.99 Å². The molecule has 1 aromatic heterocycles. The van der Waals surface area contributed by atoms with Crippen molar-refractivity contribution in [3.8, 4) is 0 Å². The van der Waals surface area contributed by atoms with E-state index < -0.39 is 10.0 Å². The number of aliphatic imine (C=N–C) groups is 1. The standard InChI is InChI=1S/C18H26N4O2S2/c1-19-18(22(3)10-9-17-8-5-11-25-17)21-13-15-6-4-7-16(12-15)14-26(23,24)20-2/h4-8,11-12,20H,9-10,13-14H2,1-3H3,(H,19,21). The molecule has 0 atom stereocenters. The van der Waals surface area contributed by atoms with Crippen molar-refractivity contribution in [1.82, 2.24) is 14.9 Å². The van der Waals surface area contributed by atoms with Crippen LogP contribution >= 0.6 is 11.3 Å². The molecule has 0 saturated carbocycles. The molecule has 0 saturated heterocycles. The molecule has 0 aliphatic carbocycles. The fourth-order valence-electron chi connectivity index (χ4n) is 2.53. The topological polar surface area (TPSA) is 73.8 Å². The van der Waals surface area contributed by atoms with Crippen molar-refractivity contribution in [2.75, 3.05) is 27.7 Å². The average molecular weight is 395 g/mol. The Labute approximate surface area is 160 Å². The van der Waals surface area contributed by atoms with Gasteiger partial charge in [0.2, 0.25) is 10.0 Å². The first kappa shape index (κ1) is 20.4. The number of hydrogen-bond donors (Lipinski definition) is 2. The third-order valence-electron chi connectivity index (χ3n) is 3.96. The van der Waals surface area contributed by atoms with Crippen LogP contribution in [0.25, 0.3) is 0 Å². The van der Waals surface area contributed by atoms with Gasteiger partial charge in [-0.3, -0.25) is 4.99 Å². The largest absolute Gasteiger partial charge is 0.352 e. The maximum atomic E-state index is 11.7. The Morgan fingerprint density at radius 3 is 2.65 bits per heavy atom. The van der Waals surface area contributed by atoms with Crippen LogP contribution in [-0.4, -0.2) is 47.0 Å². The molecular weight excluding hydrogens is 368 g/mol. The number of guanidine groups is 1. The number of likely N-dealkylation sites (N-methyl/N-ethyl adjacent to an activating group) is 1. The summed E-state index contributed by atoms with van der Waals surface area (Å²) >= 11 is 1.76. The van der Waals surface area contributed by atoms with Gasteiger partial charge in [0.05, 0.1) is 5.75 Å². The van der Waals surface area contributed by atoms with Gasteiger partial charge in [0.25, 0.3) is 0 Å². The number of benzene rings is 1. The van der Waals surface area contributed by atoms with Crippen LogP contribution in [0.1, 0.15) is 16.0 Å². The van der Waals surface area contributed by atoms with Gasteiger partial charge in [-0.25, -0.2) is 13.1 Å². The number of thiophene rings is 1. The zero-order valence-electron chi connectivity index (χ0n) is 15.4. The van der Waals surface area contributed by atoms with Gasteiger partial charge < -0.3 is 10.2 Å². The third-order valence-corrected chi connectivity index (χ3v) is 6.23. The molecular formula is C18H26N4O2S2. The highest BCUT2D eigenvalue weighted by molar-refractivity contribution is 7.88. The monoisotopic (exact) mass is 394 g/mol. The molecule has 0 amide bonds. The molecule has 1 aromatic carbocycles. The van der Waals surface area contributed by atoms with Gasteiger partial charge in [-0.05, 0) is 36.0 Å². The van der Waals surface area contributed by atoms with Gasteiger partial charge in [0, 0.05) is 32.1 Å². The smallest absolute Gasteiger partial charge is 0.215 e. The molecule has 142 valence electrons. The summed E-state index contributed by atoms with van der Waals surface area (Å²) in [7, 11) is 1.93. The van der Waals surface area contributed by atoms with Crippen LogP contribution in [0.5, 0.6) is 0 Å². The van der Waals surface area contributed by atoms with E-state index >= 15 is 0 Å². The summed E-state index contributed by atoms with van der Waals surface area (Å²) in [6.07, 6.45) is 0.978. The lowest BCUT2D eigenvalue weighted by Gasteiger charge is -2.22. The number of hydrogen-bond acceptors (Lipinski definition) is 4. The van der Waals surface area contributed by atoms with Crippen LogP contribution < -0.4 is 10.0 Å². The van der Waals surface area contributed by atoms with Crippen molar-refractivity contribution in [3.63, 3.8) is 0 Å². The van der Waals surface area contributed by atoms with Crippen LogP contribution in [-0.2, 0) is 28.7 Å². The maximum Gasteiger partial charge on any atom is 0.215 e. The molecule has 26 heavy (non-hydrogen) atoms. The van der Waals surface area contributed by atoms with Gasteiger partial charge in [-0.15, -0.1) is 11.3 Å². The molecule has 0 aliphatic heterocycles. The third kappa shape index (κ3) is 6.44. The predicted octanol–water partition coefficient (Wildman–Crippen LogP) is 2.05. The fraction of sp³-hybridized carbons (Fsp3) is 0.389. The highest BCUT2D eigenvalue weighted by atomic mass is 32.2. The van der Waals surface area contributed by atoms with Crippen molar-refractivity contribution >= 4 is 27.3 Å². The fourth-order valence-corrected chi connectivity index (χ4v) is 3.99. The first-order valence-corrected chi connectivity index (χ1v) is 10.9. The minimum Gasteiger partial charge on any atom is -0.352 e. The Balaban J connectivity index is 1.91. The number of sulfonamides is 1. The average Bonchev–Trinajstić information content (AvgIpc) is 3.14. The van der Waals surface area contributed by atoms with E-state index in [-0.39, 0.29) is 5.75 Å². The first-order valence-electron chi connectivity index (χ1n) is 8.36. The van der Waals surface area contributed by atoms with Crippen LogP contribution in [0, 0.1) is 0 Å². The Bertz CT molecular complexity index is 817. The molecule has 0 fully saturated rings. The molecule has 2 aromatic rings. The minimum atomic E-state index is -3.27. The predicted molar refractivity (Wildman–Crippen MR) is 109 cm³/mol. The van der Waals surface area contributed by atoms with Crippen molar-refractivity contribution in [3.05, 3.63) is 57.8 Å². The molecule has 2 N–H and O–H groups in total. The van der Waals surface area contributed by atoms with E-state index in [0.29, 0.717) is 6.54 Å². The lowest BCUT2D eigenvalue weighted by Crippen LogP contribution is -2.39. The lowest BCUT2D eigenvalue weighted by atomic mass is 10.1. The number of nitrogens with zero attached hydrogens (tertiary/aromatic N) is 2. The Morgan fingerprint density at radius 2 is 2.00 bits per heavy atom. The minimum absolute atomic E-state index is 0.0211. The summed E-state index contributed by atoms with van der Waals surface area (Å²) in [4.78, 5) is 7.77. The Morgan fingerprint density at radius 1 is 1.23 bits per heavy atom. The Kier molecular flexibility index (Phi) is 7.62. The number of nitrogens with one attached hydrogen (secondary N) is 2. The zero-order chi connectivity index (χ0) is 19.0. The number of rotatable bonds is 8. The van der Waals surface area contributed by atoms with E-state index in [4.69, 9.17) is 0 Å². The summed E-state index contributed by atoms with van der Waals surface area (Å²) in [6, 6.07) is 11.8. The van der Waals surface area contributed by atoms with Crippen molar-refractivity contribution in [2.45, 2.75) is 18.7 Å². The normalized spacial score (nSPS) is 12.2. The van der Waals surface area contributed by atoms with Crippen molar-refractivity contribution in [1.29, 1.82) is 0 Å². The molecule has 0 bridgehead atoms. The van der Waals surface area contributed by atoms with Gasteiger partial charge >= 0.3 is 0 Å². The molecule has 0 radical (unpaired) electrons. The zero-order valence-corrected chi connectivity index (χ0v) is 17.0. The van der Waals surface area contributed by atoms with Crippen LogP contribution in [0.3, 0.4) is 0 Å². The van der Waals surface area contributed by atoms with Gasteiger partial charge in [-0.2, -0.15) is 0 Å². The first-order chi connectivity index (χ1) is 12.4. The second kappa shape index (κ2) is 9.70. The van der Waals surface area contributed by atoms with Gasteiger partial charge in [0.15, 0.2) is 5.96 Å². The van der Waals surface area contributed by atoms with E-state index in [1.165, 1.54) is 11.9 Å².